The summed E-state index contributed by atoms with van der Waals surface area (Å²) in [5, 5.41) is 0. The van der Waals surface area contributed by atoms with Crippen LogP contribution < -0.4 is 0 Å². The lowest BCUT2D eigenvalue weighted by molar-refractivity contribution is 0.0336. The summed E-state index contributed by atoms with van der Waals surface area (Å²) in [4.78, 5) is 2.05. The molecule has 2 nitrogen and oxygen atoms in total. The summed E-state index contributed by atoms with van der Waals surface area (Å²) < 4.78 is 32.2. The molecule has 0 unspecified atom stereocenters. The van der Waals surface area contributed by atoms with Crippen LogP contribution in [0.25, 0.3) is 0 Å². The molecule has 0 saturated carbocycles. The van der Waals surface area contributed by atoms with Crippen LogP contribution in [0, 0.1) is 11.6 Å². The van der Waals surface area contributed by atoms with Gasteiger partial charge in [-0.25, -0.2) is 8.78 Å². The zero-order chi connectivity index (χ0) is 11.5. The minimum Gasteiger partial charge on any atom is -0.379 e. The zero-order valence-electron chi connectivity index (χ0n) is 8.68. The van der Waals surface area contributed by atoms with Crippen molar-refractivity contribution in [1.82, 2.24) is 4.90 Å². The average Bonchev–Trinajstić information content (AvgIpc) is 2.31. The van der Waals surface area contributed by atoms with Gasteiger partial charge in [-0.2, -0.15) is 0 Å². The number of morpholine rings is 1. The Bertz CT molecular complexity index is 380. The van der Waals surface area contributed by atoms with Gasteiger partial charge in [0.25, 0.3) is 0 Å². The van der Waals surface area contributed by atoms with E-state index in [-0.39, 0.29) is 10.3 Å². The molecule has 88 valence electrons. The molecule has 1 aliphatic rings. The second-order valence-corrected chi connectivity index (χ2v) is 4.50. The highest BCUT2D eigenvalue weighted by atomic mass is 79.9. The maximum absolute atomic E-state index is 13.5. The first-order chi connectivity index (χ1) is 7.68. The van der Waals surface area contributed by atoms with Gasteiger partial charge in [0.2, 0.25) is 0 Å². The van der Waals surface area contributed by atoms with E-state index < -0.39 is 5.82 Å². The van der Waals surface area contributed by atoms with Gasteiger partial charge in [0.1, 0.15) is 11.6 Å². The van der Waals surface area contributed by atoms with Gasteiger partial charge in [-0.15, -0.1) is 0 Å². The molecule has 0 aromatic heterocycles. The molecule has 0 atom stereocenters. The first-order valence-corrected chi connectivity index (χ1v) is 5.90. The number of nitrogens with zero attached hydrogens (tertiary/aromatic N) is 1. The first kappa shape index (κ1) is 12.0. The third-order valence-electron chi connectivity index (χ3n) is 2.62. The number of benzene rings is 1. The van der Waals surface area contributed by atoms with Crippen LogP contribution in [-0.4, -0.2) is 31.2 Å². The van der Waals surface area contributed by atoms with Gasteiger partial charge in [-0.1, -0.05) is 0 Å². The average molecular weight is 292 g/mol. The molecule has 0 bridgehead atoms. The molecule has 1 aromatic rings. The van der Waals surface area contributed by atoms with Crippen molar-refractivity contribution in [3.05, 3.63) is 33.8 Å². The molecule has 0 spiro atoms. The molecule has 0 radical (unpaired) electrons. The van der Waals surface area contributed by atoms with Gasteiger partial charge in [0.15, 0.2) is 0 Å². The van der Waals surface area contributed by atoms with Crippen LogP contribution in [0.15, 0.2) is 16.6 Å². The third-order valence-corrected chi connectivity index (χ3v) is 3.48. The van der Waals surface area contributed by atoms with Crippen molar-refractivity contribution in [2.75, 3.05) is 26.3 Å². The molecule has 0 N–H and O–H groups in total. The summed E-state index contributed by atoms with van der Waals surface area (Å²) in [7, 11) is 0. The van der Waals surface area contributed by atoms with Crippen molar-refractivity contribution in [2.24, 2.45) is 0 Å². The number of halogens is 3. The number of hydrogen-bond donors (Lipinski definition) is 0. The molecule has 0 aliphatic carbocycles. The predicted molar refractivity (Wildman–Crippen MR) is 60.2 cm³/mol. The summed E-state index contributed by atoms with van der Waals surface area (Å²) in [6, 6.07) is 2.29. The Morgan fingerprint density at radius 3 is 2.50 bits per heavy atom. The fourth-order valence-corrected chi connectivity index (χ4v) is 2.14. The fraction of sp³-hybridized carbons (Fsp3) is 0.455. The second kappa shape index (κ2) is 5.21. The van der Waals surface area contributed by atoms with Gasteiger partial charge < -0.3 is 4.74 Å². The van der Waals surface area contributed by atoms with Gasteiger partial charge in [0, 0.05) is 25.2 Å². The molecule has 1 saturated heterocycles. The normalized spacial score (nSPS) is 17.7. The van der Waals surface area contributed by atoms with E-state index in [0.29, 0.717) is 25.3 Å². The topological polar surface area (TPSA) is 12.5 Å². The molecule has 16 heavy (non-hydrogen) atoms. The van der Waals surface area contributed by atoms with Crippen LogP contribution in [0.5, 0.6) is 0 Å². The van der Waals surface area contributed by atoms with Crippen molar-refractivity contribution in [1.29, 1.82) is 0 Å². The monoisotopic (exact) mass is 291 g/mol. The van der Waals surface area contributed by atoms with Crippen molar-refractivity contribution in [3.8, 4) is 0 Å². The maximum atomic E-state index is 13.5. The van der Waals surface area contributed by atoms with E-state index in [4.69, 9.17) is 4.74 Å². The van der Waals surface area contributed by atoms with E-state index >= 15 is 0 Å². The lowest BCUT2D eigenvalue weighted by atomic mass is 10.2. The van der Waals surface area contributed by atoms with E-state index in [1.165, 1.54) is 0 Å². The van der Waals surface area contributed by atoms with Crippen LogP contribution >= 0.6 is 15.9 Å². The SMILES string of the molecule is Fc1ccc(F)c(CN2CCOCC2)c1Br. The molecule has 1 fully saturated rings. The predicted octanol–water partition coefficient (Wildman–Crippen LogP) is 2.56. The van der Waals surface area contributed by atoms with Crippen LogP contribution in [0.1, 0.15) is 5.56 Å². The van der Waals surface area contributed by atoms with Crippen LogP contribution in [0.3, 0.4) is 0 Å². The molecular weight excluding hydrogens is 280 g/mol. The third kappa shape index (κ3) is 2.59. The highest BCUT2D eigenvalue weighted by Gasteiger charge is 2.17. The summed E-state index contributed by atoms with van der Waals surface area (Å²) in [5.74, 6) is -0.801. The van der Waals surface area contributed by atoms with E-state index in [2.05, 4.69) is 15.9 Å². The largest absolute Gasteiger partial charge is 0.379 e. The van der Waals surface area contributed by atoms with Gasteiger partial charge in [-0.3, -0.25) is 4.90 Å². The Labute approximate surface area is 101 Å². The summed E-state index contributed by atoms with van der Waals surface area (Å²) in [6.45, 7) is 3.21. The fourth-order valence-electron chi connectivity index (χ4n) is 1.70. The Morgan fingerprint density at radius 2 is 1.81 bits per heavy atom. The Balaban J connectivity index is 2.16. The molecule has 1 aliphatic heterocycles. The second-order valence-electron chi connectivity index (χ2n) is 3.71. The van der Waals surface area contributed by atoms with Crippen molar-refractivity contribution in [3.63, 3.8) is 0 Å². The van der Waals surface area contributed by atoms with E-state index in [1.807, 2.05) is 4.90 Å². The molecule has 1 heterocycles. The highest BCUT2D eigenvalue weighted by Crippen LogP contribution is 2.24. The van der Waals surface area contributed by atoms with Crippen LogP contribution in [-0.2, 0) is 11.3 Å². The molecule has 5 heteroatoms. The van der Waals surface area contributed by atoms with Gasteiger partial charge in [-0.05, 0) is 28.1 Å². The lowest BCUT2D eigenvalue weighted by Crippen LogP contribution is -2.36. The number of rotatable bonds is 2. The van der Waals surface area contributed by atoms with Gasteiger partial charge >= 0.3 is 0 Å². The minimum absolute atomic E-state index is 0.221. The minimum atomic E-state index is -0.426. The summed E-state index contributed by atoms with van der Waals surface area (Å²) in [6.07, 6.45) is 0. The van der Waals surface area contributed by atoms with Crippen molar-refractivity contribution in [2.45, 2.75) is 6.54 Å². The first-order valence-electron chi connectivity index (χ1n) is 5.11. The Kier molecular flexibility index (Phi) is 3.89. The van der Waals surface area contributed by atoms with Crippen LogP contribution in [0.4, 0.5) is 8.78 Å². The maximum Gasteiger partial charge on any atom is 0.137 e. The highest BCUT2D eigenvalue weighted by molar-refractivity contribution is 9.10. The molecule has 0 amide bonds. The summed E-state index contributed by atoms with van der Waals surface area (Å²) >= 11 is 3.08. The van der Waals surface area contributed by atoms with E-state index in [9.17, 15) is 8.78 Å². The van der Waals surface area contributed by atoms with Crippen molar-refractivity contribution >= 4 is 15.9 Å². The van der Waals surface area contributed by atoms with E-state index in [1.54, 1.807) is 0 Å². The van der Waals surface area contributed by atoms with Crippen LogP contribution in [0.2, 0.25) is 0 Å². The molecule has 2 rings (SSSR count). The zero-order valence-corrected chi connectivity index (χ0v) is 10.3. The Morgan fingerprint density at radius 1 is 1.19 bits per heavy atom. The molecule has 1 aromatic carbocycles. The molecular formula is C11H12BrF2NO. The number of ether oxygens (including phenoxy) is 1. The Hall–Kier alpha value is -0.520. The van der Waals surface area contributed by atoms with Crippen molar-refractivity contribution < 1.29 is 13.5 Å². The van der Waals surface area contributed by atoms with E-state index in [0.717, 1.165) is 25.2 Å². The summed E-state index contributed by atoms with van der Waals surface area (Å²) in [5.41, 5.74) is 0.377. The lowest BCUT2D eigenvalue weighted by Gasteiger charge is -2.27. The number of hydrogen-bond acceptors (Lipinski definition) is 2. The standard InChI is InChI=1S/C11H12BrF2NO/c12-11-8(9(13)1-2-10(11)14)7-15-3-5-16-6-4-15/h1-2H,3-7H2. The van der Waals surface area contributed by atoms with Gasteiger partial charge in [0.05, 0.1) is 17.7 Å². The quantitative estimate of drug-likeness (QED) is 0.777. The smallest absolute Gasteiger partial charge is 0.137 e.